The molecule has 0 saturated carbocycles. The van der Waals surface area contributed by atoms with Gasteiger partial charge in [-0.05, 0) is 41.1 Å². The Balaban J connectivity index is 0.00000261. The molecule has 0 heterocycles. The van der Waals surface area contributed by atoms with Crippen molar-refractivity contribution in [1.82, 2.24) is 0 Å². The van der Waals surface area contributed by atoms with Crippen molar-refractivity contribution in [3.8, 4) is 5.75 Å². The van der Waals surface area contributed by atoms with E-state index < -0.39 is 10.1 Å². The summed E-state index contributed by atoms with van der Waals surface area (Å²) in [5.74, 6) is 0.0870. The molecule has 0 spiro atoms. The van der Waals surface area contributed by atoms with Crippen molar-refractivity contribution in [2.75, 3.05) is 0 Å². The summed E-state index contributed by atoms with van der Waals surface area (Å²) in [6.45, 7) is 4.19. The Morgan fingerprint density at radius 3 is 2.22 bits per heavy atom. The zero-order valence-electron chi connectivity index (χ0n) is 15.2. The molecule has 3 aromatic rings. The SMILES string of the molecule is CC(C)c1ccc(N=Nc2c([O-])ccc3cc(S(=O)(=O)O)ccc23)cc1.[Na+]. The fraction of sp³-hybridized carbons (Fsp3) is 0.158. The molecule has 0 fully saturated rings. The van der Waals surface area contributed by atoms with E-state index in [1.807, 2.05) is 24.3 Å². The van der Waals surface area contributed by atoms with Gasteiger partial charge in [0, 0.05) is 5.39 Å². The average molecular weight is 392 g/mol. The number of rotatable bonds is 4. The average Bonchev–Trinajstić information content (AvgIpc) is 2.60. The van der Waals surface area contributed by atoms with Gasteiger partial charge in [-0.3, -0.25) is 4.55 Å². The Kier molecular flexibility index (Phi) is 6.77. The van der Waals surface area contributed by atoms with Crippen molar-refractivity contribution >= 4 is 32.3 Å². The molecule has 0 amide bonds. The Bertz CT molecular complexity index is 1090. The second kappa shape index (κ2) is 8.50. The summed E-state index contributed by atoms with van der Waals surface area (Å²) in [7, 11) is -4.32. The van der Waals surface area contributed by atoms with Gasteiger partial charge in [-0.25, -0.2) is 0 Å². The quantitative estimate of drug-likeness (QED) is 0.415. The smallest absolute Gasteiger partial charge is 0.871 e. The van der Waals surface area contributed by atoms with E-state index in [2.05, 4.69) is 24.1 Å². The van der Waals surface area contributed by atoms with Gasteiger partial charge < -0.3 is 5.11 Å². The van der Waals surface area contributed by atoms with E-state index >= 15 is 0 Å². The molecule has 0 radical (unpaired) electrons. The first-order valence-electron chi connectivity index (χ1n) is 7.98. The van der Waals surface area contributed by atoms with E-state index in [4.69, 9.17) is 4.55 Å². The molecule has 0 aliphatic heterocycles. The number of azo groups is 1. The first-order valence-corrected chi connectivity index (χ1v) is 9.42. The minimum Gasteiger partial charge on any atom is -0.871 e. The number of fused-ring (bicyclic) bond motifs is 1. The first kappa shape index (κ1) is 21.5. The van der Waals surface area contributed by atoms with Gasteiger partial charge in [-0.15, -0.1) is 0 Å². The summed E-state index contributed by atoms with van der Waals surface area (Å²) < 4.78 is 31.7. The van der Waals surface area contributed by atoms with Crippen LogP contribution in [0.3, 0.4) is 0 Å². The third-order valence-electron chi connectivity index (χ3n) is 4.05. The standard InChI is InChI=1S/C19H18N2O4S.Na/c1-12(2)13-3-6-15(7-4-13)20-21-19-17-9-8-16(26(23,24)25)11-14(17)5-10-18(19)22;/h3-12,22H,1-2H3,(H,23,24,25);/q;+1/p-1. The molecule has 0 aliphatic carbocycles. The van der Waals surface area contributed by atoms with E-state index in [0.717, 1.165) is 0 Å². The molecule has 1 N–H and O–H groups in total. The fourth-order valence-corrected chi connectivity index (χ4v) is 3.08. The molecule has 27 heavy (non-hydrogen) atoms. The summed E-state index contributed by atoms with van der Waals surface area (Å²) in [5.41, 5.74) is 1.91. The monoisotopic (exact) mass is 392 g/mol. The Hall–Kier alpha value is -1.77. The molecule has 0 aliphatic rings. The summed E-state index contributed by atoms with van der Waals surface area (Å²) in [6, 6.07) is 14.3. The third-order valence-corrected chi connectivity index (χ3v) is 4.90. The molecule has 0 saturated heterocycles. The molecule has 3 rings (SSSR count). The van der Waals surface area contributed by atoms with Crippen LogP contribution in [0.2, 0.25) is 0 Å². The topological polar surface area (TPSA) is 102 Å². The minimum atomic E-state index is -4.32. The largest absolute Gasteiger partial charge is 1.00 e. The molecule has 0 bridgehead atoms. The van der Waals surface area contributed by atoms with E-state index in [1.165, 1.54) is 35.9 Å². The van der Waals surface area contributed by atoms with Crippen LogP contribution in [-0.2, 0) is 10.1 Å². The van der Waals surface area contributed by atoms with Crippen molar-refractivity contribution in [3.63, 3.8) is 0 Å². The van der Waals surface area contributed by atoms with Crippen LogP contribution < -0.4 is 34.7 Å². The van der Waals surface area contributed by atoms with Crippen molar-refractivity contribution in [2.45, 2.75) is 24.7 Å². The molecule has 6 nitrogen and oxygen atoms in total. The van der Waals surface area contributed by atoms with Crippen LogP contribution in [0.1, 0.15) is 25.3 Å². The van der Waals surface area contributed by atoms with Gasteiger partial charge in [0.05, 0.1) is 16.3 Å². The maximum absolute atomic E-state index is 12.2. The molecule has 0 atom stereocenters. The first-order chi connectivity index (χ1) is 12.3. The van der Waals surface area contributed by atoms with Crippen LogP contribution in [0.5, 0.6) is 5.75 Å². The van der Waals surface area contributed by atoms with E-state index in [9.17, 15) is 13.5 Å². The zero-order chi connectivity index (χ0) is 18.9. The van der Waals surface area contributed by atoms with Gasteiger partial charge in [0.1, 0.15) is 0 Å². The van der Waals surface area contributed by atoms with Gasteiger partial charge in [-0.1, -0.05) is 49.9 Å². The second-order valence-electron chi connectivity index (χ2n) is 6.22. The normalized spacial score (nSPS) is 11.9. The van der Waals surface area contributed by atoms with Crippen molar-refractivity contribution < 1.29 is 47.6 Å². The van der Waals surface area contributed by atoms with Crippen LogP contribution in [-0.4, -0.2) is 13.0 Å². The van der Waals surface area contributed by atoms with Crippen molar-refractivity contribution in [2.24, 2.45) is 10.2 Å². The zero-order valence-corrected chi connectivity index (χ0v) is 18.1. The number of hydrogen-bond acceptors (Lipinski definition) is 5. The van der Waals surface area contributed by atoms with Gasteiger partial charge in [0.15, 0.2) is 0 Å². The van der Waals surface area contributed by atoms with Crippen LogP contribution in [0.15, 0.2) is 69.7 Å². The molecular formula is C19H17N2NaO4S. The molecule has 3 aromatic carbocycles. The Morgan fingerprint density at radius 2 is 1.63 bits per heavy atom. The number of hydrogen-bond donors (Lipinski definition) is 1. The van der Waals surface area contributed by atoms with Gasteiger partial charge in [0.25, 0.3) is 10.1 Å². The van der Waals surface area contributed by atoms with Crippen LogP contribution in [0.25, 0.3) is 10.8 Å². The van der Waals surface area contributed by atoms with Gasteiger partial charge in [-0.2, -0.15) is 18.6 Å². The van der Waals surface area contributed by atoms with E-state index in [1.54, 1.807) is 0 Å². The Labute approximate surface area is 180 Å². The minimum absolute atomic E-state index is 0. The Morgan fingerprint density at radius 1 is 0.963 bits per heavy atom. The van der Waals surface area contributed by atoms with Crippen LogP contribution in [0, 0.1) is 0 Å². The molecule has 134 valence electrons. The third kappa shape index (κ3) is 4.94. The predicted molar refractivity (Wildman–Crippen MR) is 97.9 cm³/mol. The van der Waals surface area contributed by atoms with Gasteiger partial charge >= 0.3 is 29.6 Å². The van der Waals surface area contributed by atoms with E-state index in [-0.39, 0.29) is 45.9 Å². The number of benzene rings is 3. The van der Waals surface area contributed by atoms with Crippen molar-refractivity contribution in [3.05, 3.63) is 60.2 Å². The van der Waals surface area contributed by atoms with Crippen LogP contribution >= 0.6 is 0 Å². The van der Waals surface area contributed by atoms with Crippen LogP contribution in [0.4, 0.5) is 11.4 Å². The summed E-state index contributed by atoms with van der Waals surface area (Å²) in [6.07, 6.45) is 0. The molecule has 0 aromatic heterocycles. The summed E-state index contributed by atoms with van der Waals surface area (Å²) in [5, 5.41) is 21.3. The maximum Gasteiger partial charge on any atom is 1.00 e. The summed E-state index contributed by atoms with van der Waals surface area (Å²) >= 11 is 0. The summed E-state index contributed by atoms with van der Waals surface area (Å²) in [4.78, 5) is -0.240. The second-order valence-corrected chi connectivity index (χ2v) is 7.64. The van der Waals surface area contributed by atoms with E-state index in [0.29, 0.717) is 22.4 Å². The number of nitrogens with zero attached hydrogens (tertiary/aromatic N) is 2. The molecule has 0 unspecified atom stereocenters. The fourth-order valence-electron chi connectivity index (χ4n) is 2.57. The predicted octanol–water partition coefficient (Wildman–Crippen LogP) is 1.70. The van der Waals surface area contributed by atoms with Gasteiger partial charge in [0.2, 0.25) is 0 Å². The van der Waals surface area contributed by atoms with Crippen molar-refractivity contribution in [1.29, 1.82) is 0 Å². The maximum atomic E-state index is 12.2. The molecule has 8 heteroatoms. The molecular weight excluding hydrogens is 375 g/mol.